The summed E-state index contributed by atoms with van der Waals surface area (Å²) in [7, 11) is 0. The molecule has 1 heterocycles. The second-order valence-corrected chi connectivity index (χ2v) is 5.55. The summed E-state index contributed by atoms with van der Waals surface area (Å²) in [6.45, 7) is 16.1. The summed E-state index contributed by atoms with van der Waals surface area (Å²) in [5, 5.41) is 0.982. The minimum absolute atomic E-state index is 0.0427. The zero-order valence-electron chi connectivity index (χ0n) is 13.6. The lowest BCUT2D eigenvalue weighted by Gasteiger charge is -2.29. The van der Waals surface area contributed by atoms with Crippen molar-refractivity contribution in [3.8, 4) is 0 Å². The molecule has 0 fully saturated rings. The van der Waals surface area contributed by atoms with Gasteiger partial charge in [-0.15, -0.1) is 13.2 Å². The molecule has 0 N–H and O–H groups in total. The molecule has 0 saturated carbocycles. The Morgan fingerprint density at radius 1 is 1.10 bits per heavy atom. The summed E-state index contributed by atoms with van der Waals surface area (Å²) in [5.41, 5.74) is 1.93. The molecule has 0 bridgehead atoms. The molecular formula is C18H25NO2. The zero-order valence-corrected chi connectivity index (χ0v) is 13.6. The third kappa shape index (κ3) is 3.75. The van der Waals surface area contributed by atoms with Crippen molar-refractivity contribution in [1.29, 1.82) is 0 Å². The van der Waals surface area contributed by atoms with Crippen LogP contribution >= 0.6 is 0 Å². The van der Waals surface area contributed by atoms with Crippen LogP contribution in [0.3, 0.4) is 0 Å². The summed E-state index contributed by atoms with van der Waals surface area (Å²) >= 11 is 0. The molecule has 21 heavy (non-hydrogen) atoms. The van der Waals surface area contributed by atoms with Crippen molar-refractivity contribution in [2.45, 2.75) is 46.7 Å². The first-order valence-corrected chi connectivity index (χ1v) is 7.23. The number of nitrogens with zero attached hydrogens (tertiary/aromatic N) is 1. The number of carbonyl (C=O) groups excluding carboxylic acids is 1. The van der Waals surface area contributed by atoms with Crippen molar-refractivity contribution in [2.75, 3.05) is 0 Å². The summed E-state index contributed by atoms with van der Waals surface area (Å²) in [5.74, 6) is 0.377. The van der Waals surface area contributed by atoms with Crippen LogP contribution in [-0.4, -0.2) is 22.9 Å². The van der Waals surface area contributed by atoms with Crippen molar-refractivity contribution in [1.82, 2.24) is 4.90 Å². The van der Waals surface area contributed by atoms with E-state index in [1.807, 2.05) is 63.8 Å². The van der Waals surface area contributed by atoms with Gasteiger partial charge >= 0.3 is 0 Å². The van der Waals surface area contributed by atoms with Crippen molar-refractivity contribution in [3.63, 3.8) is 0 Å². The predicted octanol–water partition coefficient (Wildman–Crippen LogP) is 4.80. The van der Waals surface area contributed by atoms with E-state index in [0.717, 1.165) is 16.5 Å². The van der Waals surface area contributed by atoms with Gasteiger partial charge in [-0.05, 0) is 52.8 Å². The molecule has 1 aromatic heterocycles. The van der Waals surface area contributed by atoms with Gasteiger partial charge in [0.1, 0.15) is 5.58 Å². The molecule has 3 heteroatoms. The standard InChI is InChI=1S/C16H21NO2.C2H4/c1-10(2)17(11(3)4)16(18)15-9-13-8-12(5)6-7-14(13)19-15;1-2/h6-11H,1-5H3;1-2H2. The summed E-state index contributed by atoms with van der Waals surface area (Å²) in [6.07, 6.45) is 0. The second kappa shape index (κ2) is 7.11. The highest BCUT2D eigenvalue weighted by atomic mass is 16.3. The molecule has 1 amide bonds. The molecule has 1 aromatic carbocycles. The normalized spacial score (nSPS) is 10.6. The minimum Gasteiger partial charge on any atom is -0.451 e. The fraction of sp³-hybridized carbons (Fsp3) is 0.389. The van der Waals surface area contributed by atoms with Crippen LogP contribution < -0.4 is 0 Å². The Morgan fingerprint density at radius 2 is 1.67 bits per heavy atom. The van der Waals surface area contributed by atoms with Gasteiger partial charge in [-0.1, -0.05) is 11.6 Å². The average molecular weight is 287 g/mol. The molecule has 3 nitrogen and oxygen atoms in total. The molecule has 0 unspecified atom stereocenters. The van der Waals surface area contributed by atoms with Crippen LogP contribution in [0.15, 0.2) is 41.8 Å². The molecule has 2 rings (SSSR count). The summed E-state index contributed by atoms with van der Waals surface area (Å²) < 4.78 is 5.67. The first kappa shape index (κ1) is 17.0. The number of benzene rings is 1. The highest BCUT2D eigenvalue weighted by molar-refractivity contribution is 5.96. The Kier molecular flexibility index (Phi) is 5.77. The highest BCUT2D eigenvalue weighted by Crippen LogP contribution is 2.23. The van der Waals surface area contributed by atoms with E-state index >= 15 is 0 Å². The van der Waals surface area contributed by atoms with E-state index in [1.54, 1.807) is 0 Å². The Morgan fingerprint density at radius 3 is 2.19 bits per heavy atom. The molecule has 0 saturated heterocycles. The number of furan rings is 1. The molecule has 0 aliphatic carbocycles. The molecular weight excluding hydrogens is 262 g/mol. The van der Waals surface area contributed by atoms with Gasteiger partial charge in [0.2, 0.25) is 0 Å². The van der Waals surface area contributed by atoms with Gasteiger partial charge in [0.25, 0.3) is 5.91 Å². The summed E-state index contributed by atoms with van der Waals surface area (Å²) in [4.78, 5) is 14.4. The third-order valence-electron chi connectivity index (χ3n) is 3.23. The van der Waals surface area contributed by atoms with Crippen molar-refractivity contribution >= 4 is 16.9 Å². The van der Waals surface area contributed by atoms with E-state index in [9.17, 15) is 4.79 Å². The molecule has 0 aliphatic heterocycles. The summed E-state index contributed by atoms with van der Waals surface area (Å²) in [6, 6.07) is 8.08. The quantitative estimate of drug-likeness (QED) is 0.760. The number of hydrogen-bond acceptors (Lipinski definition) is 2. The molecule has 0 atom stereocenters. The lowest BCUT2D eigenvalue weighted by atomic mass is 10.1. The van der Waals surface area contributed by atoms with E-state index < -0.39 is 0 Å². The van der Waals surface area contributed by atoms with Crippen molar-refractivity contribution < 1.29 is 9.21 Å². The van der Waals surface area contributed by atoms with E-state index in [1.165, 1.54) is 0 Å². The van der Waals surface area contributed by atoms with Crippen LogP contribution in [0.5, 0.6) is 0 Å². The number of hydrogen-bond donors (Lipinski definition) is 0. The maximum absolute atomic E-state index is 12.5. The number of amides is 1. The zero-order chi connectivity index (χ0) is 16.2. The SMILES string of the molecule is C=C.Cc1ccc2oc(C(=O)N(C(C)C)C(C)C)cc2c1. The fourth-order valence-corrected chi connectivity index (χ4v) is 2.46. The molecule has 0 radical (unpaired) electrons. The van der Waals surface area contributed by atoms with E-state index in [2.05, 4.69) is 13.2 Å². The molecule has 0 aliphatic rings. The number of fused-ring (bicyclic) bond motifs is 1. The monoisotopic (exact) mass is 287 g/mol. The smallest absolute Gasteiger partial charge is 0.290 e. The van der Waals surface area contributed by atoms with Gasteiger partial charge in [-0.3, -0.25) is 4.79 Å². The van der Waals surface area contributed by atoms with Gasteiger partial charge < -0.3 is 9.32 Å². The number of rotatable bonds is 3. The number of aryl methyl sites for hydroxylation is 1. The van der Waals surface area contributed by atoms with Crippen LogP contribution in [0.4, 0.5) is 0 Å². The van der Waals surface area contributed by atoms with Crippen LogP contribution in [0, 0.1) is 6.92 Å². The maximum atomic E-state index is 12.5. The van der Waals surface area contributed by atoms with E-state index in [4.69, 9.17) is 4.42 Å². The third-order valence-corrected chi connectivity index (χ3v) is 3.23. The van der Waals surface area contributed by atoms with E-state index in [-0.39, 0.29) is 18.0 Å². The lowest BCUT2D eigenvalue weighted by molar-refractivity contribution is 0.0613. The molecule has 114 valence electrons. The van der Waals surface area contributed by atoms with E-state index in [0.29, 0.717) is 5.76 Å². The van der Waals surface area contributed by atoms with Crippen LogP contribution in [0.2, 0.25) is 0 Å². The fourth-order valence-electron chi connectivity index (χ4n) is 2.46. The van der Waals surface area contributed by atoms with Crippen LogP contribution in [0.1, 0.15) is 43.8 Å². The second-order valence-electron chi connectivity index (χ2n) is 5.55. The van der Waals surface area contributed by atoms with Gasteiger partial charge in [-0.2, -0.15) is 0 Å². The molecule has 2 aromatic rings. The van der Waals surface area contributed by atoms with Crippen molar-refractivity contribution in [3.05, 3.63) is 48.7 Å². The van der Waals surface area contributed by atoms with Gasteiger partial charge in [0.05, 0.1) is 0 Å². The van der Waals surface area contributed by atoms with Crippen molar-refractivity contribution in [2.24, 2.45) is 0 Å². The van der Waals surface area contributed by atoms with Crippen LogP contribution in [0.25, 0.3) is 11.0 Å². The lowest BCUT2D eigenvalue weighted by Crippen LogP contribution is -2.41. The van der Waals surface area contributed by atoms with Gasteiger partial charge in [0, 0.05) is 17.5 Å². The maximum Gasteiger partial charge on any atom is 0.290 e. The van der Waals surface area contributed by atoms with Crippen LogP contribution in [-0.2, 0) is 0 Å². The largest absolute Gasteiger partial charge is 0.451 e. The van der Waals surface area contributed by atoms with Gasteiger partial charge in [-0.25, -0.2) is 0 Å². The Balaban J connectivity index is 0.00000106. The first-order chi connectivity index (χ1) is 9.90. The van der Waals surface area contributed by atoms with Gasteiger partial charge in [0.15, 0.2) is 5.76 Å². The predicted molar refractivity (Wildman–Crippen MR) is 88.6 cm³/mol. The minimum atomic E-state index is -0.0427. The average Bonchev–Trinajstić information content (AvgIpc) is 2.83. The Hall–Kier alpha value is -2.03. The Bertz CT molecular complexity index is 603. The topological polar surface area (TPSA) is 33.5 Å². The Labute approximate surface area is 127 Å². The first-order valence-electron chi connectivity index (χ1n) is 7.23. The highest BCUT2D eigenvalue weighted by Gasteiger charge is 2.24. The molecule has 0 spiro atoms. The number of carbonyl (C=O) groups is 1.